The molecule has 1 aliphatic rings. The topological polar surface area (TPSA) is 65.5 Å². The zero-order chi connectivity index (χ0) is 23.1. The van der Waals surface area contributed by atoms with E-state index in [2.05, 4.69) is 10.3 Å². The molecule has 2 amide bonds. The maximum absolute atomic E-state index is 12.9. The van der Waals surface area contributed by atoms with E-state index >= 15 is 0 Å². The van der Waals surface area contributed by atoms with Crippen molar-refractivity contribution in [1.82, 2.24) is 9.88 Å². The number of benzene rings is 1. The Bertz CT molecular complexity index is 923. The van der Waals surface area contributed by atoms with E-state index in [0.717, 1.165) is 12.3 Å². The minimum Gasteiger partial charge on any atom is -0.355 e. The Kier molecular flexibility index (Phi) is 7.94. The fourth-order valence-electron chi connectivity index (χ4n) is 3.19. The molecule has 1 fully saturated rings. The van der Waals surface area contributed by atoms with Crippen molar-refractivity contribution in [2.45, 2.75) is 12.6 Å². The predicted molar refractivity (Wildman–Crippen MR) is 115 cm³/mol. The van der Waals surface area contributed by atoms with Crippen molar-refractivity contribution < 1.29 is 27.2 Å². The van der Waals surface area contributed by atoms with Crippen LogP contribution in [0.15, 0.2) is 42.6 Å². The summed E-state index contributed by atoms with van der Waals surface area (Å²) < 4.78 is 51.0. The summed E-state index contributed by atoms with van der Waals surface area (Å²) in [6, 6.07) is 7.75. The molecule has 3 rings (SSSR count). The monoisotopic (exact) mass is 470 g/mol. The average molecular weight is 470 g/mol. The molecule has 0 unspecified atom stereocenters. The standard InChI is InChI=1S/C21H22F4N4O2S/c22-16-3-5-17(6-4-16)27-19(30)13-32-14-20(31)29-9-1-8-28(10-11-29)18-7-2-15(12-26-18)21(23,24)25/h2-7,12H,1,8-11,13-14H2,(H,27,30). The Morgan fingerprint density at radius 3 is 2.41 bits per heavy atom. The smallest absolute Gasteiger partial charge is 0.355 e. The van der Waals surface area contributed by atoms with Gasteiger partial charge in [0, 0.05) is 38.1 Å². The quantitative estimate of drug-likeness (QED) is 0.653. The number of nitrogens with one attached hydrogen (secondary N) is 1. The minimum absolute atomic E-state index is 0.0819. The number of pyridine rings is 1. The van der Waals surface area contributed by atoms with Crippen LogP contribution >= 0.6 is 11.8 Å². The molecule has 32 heavy (non-hydrogen) atoms. The van der Waals surface area contributed by atoms with Crippen molar-refractivity contribution >= 4 is 35.1 Å². The van der Waals surface area contributed by atoms with Crippen LogP contribution in [0, 0.1) is 5.82 Å². The number of thioether (sulfide) groups is 1. The van der Waals surface area contributed by atoms with E-state index in [4.69, 9.17) is 0 Å². The van der Waals surface area contributed by atoms with E-state index in [1.54, 1.807) is 4.90 Å². The first-order chi connectivity index (χ1) is 15.2. The lowest BCUT2D eigenvalue weighted by atomic mass is 10.2. The SMILES string of the molecule is O=C(CSCC(=O)N1CCCN(c2ccc(C(F)(F)F)cn2)CC1)Nc1ccc(F)cc1. The summed E-state index contributed by atoms with van der Waals surface area (Å²) in [7, 11) is 0. The Balaban J connectivity index is 1.43. The van der Waals surface area contributed by atoms with E-state index in [1.807, 2.05) is 4.90 Å². The highest BCUT2D eigenvalue weighted by Crippen LogP contribution is 2.29. The predicted octanol–water partition coefficient (Wildman–Crippen LogP) is 3.65. The summed E-state index contributed by atoms with van der Waals surface area (Å²) in [6.07, 6.45) is -2.96. The number of nitrogens with zero attached hydrogens (tertiary/aromatic N) is 3. The highest BCUT2D eigenvalue weighted by Gasteiger charge is 2.31. The summed E-state index contributed by atoms with van der Waals surface area (Å²) in [6.45, 7) is 1.98. The average Bonchev–Trinajstić information content (AvgIpc) is 3.01. The van der Waals surface area contributed by atoms with Gasteiger partial charge in [0.15, 0.2) is 0 Å². The first kappa shape index (κ1) is 23.8. The van der Waals surface area contributed by atoms with Crippen molar-refractivity contribution in [3.8, 4) is 0 Å². The molecule has 1 aromatic heterocycles. The van der Waals surface area contributed by atoms with Gasteiger partial charge in [0.25, 0.3) is 0 Å². The third-order valence-corrected chi connectivity index (χ3v) is 5.75. The number of hydrogen-bond donors (Lipinski definition) is 1. The summed E-state index contributed by atoms with van der Waals surface area (Å²) in [5.41, 5.74) is -0.318. The number of hydrogen-bond acceptors (Lipinski definition) is 5. The second-order valence-electron chi connectivity index (χ2n) is 7.17. The molecule has 2 aromatic rings. The van der Waals surface area contributed by atoms with E-state index in [9.17, 15) is 27.2 Å². The van der Waals surface area contributed by atoms with Crippen LogP contribution in [0.5, 0.6) is 0 Å². The number of amides is 2. The third kappa shape index (κ3) is 6.84. The summed E-state index contributed by atoms with van der Waals surface area (Å²) in [5, 5.41) is 2.63. The molecule has 1 aliphatic heterocycles. The number of carbonyl (C=O) groups excluding carboxylic acids is 2. The molecule has 172 valence electrons. The molecular weight excluding hydrogens is 448 g/mol. The summed E-state index contributed by atoms with van der Waals surface area (Å²) >= 11 is 1.18. The van der Waals surface area contributed by atoms with Crippen molar-refractivity contribution in [3.63, 3.8) is 0 Å². The first-order valence-electron chi connectivity index (χ1n) is 9.91. The molecule has 11 heteroatoms. The lowest BCUT2D eigenvalue weighted by molar-refractivity contribution is -0.137. The molecule has 0 spiro atoms. The van der Waals surface area contributed by atoms with E-state index in [0.29, 0.717) is 44.1 Å². The van der Waals surface area contributed by atoms with Gasteiger partial charge in [-0.25, -0.2) is 9.37 Å². The van der Waals surface area contributed by atoms with Crippen LogP contribution in [0.2, 0.25) is 0 Å². The van der Waals surface area contributed by atoms with Crippen LogP contribution in [0.3, 0.4) is 0 Å². The van der Waals surface area contributed by atoms with Crippen LogP contribution < -0.4 is 10.2 Å². The summed E-state index contributed by atoms with van der Waals surface area (Å²) in [4.78, 5) is 31.9. The van der Waals surface area contributed by atoms with Crippen molar-refractivity contribution in [3.05, 3.63) is 54.0 Å². The van der Waals surface area contributed by atoms with Crippen molar-refractivity contribution in [2.75, 3.05) is 47.9 Å². The number of carbonyl (C=O) groups is 2. The Labute approximate surface area is 187 Å². The molecular formula is C21H22F4N4O2S. The lowest BCUT2D eigenvalue weighted by Crippen LogP contribution is -2.36. The highest BCUT2D eigenvalue weighted by molar-refractivity contribution is 8.00. The fraction of sp³-hybridized carbons (Fsp3) is 0.381. The number of alkyl halides is 3. The molecule has 6 nitrogen and oxygen atoms in total. The van der Waals surface area contributed by atoms with Gasteiger partial charge in [-0.15, -0.1) is 11.8 Å². The summed E-state index contributed by atoms with van der Waals surface area (Å²) in [5.74, 6) is -0.127. The van der Waals surface area contributed by atoms with E-state index in [1.165, 1.54) is 42.1 Å². The molecule has 1 saturated heterocycles. The van der Waals surface area contributed by atoms with Crippen LogP contribution in [-0.4, -0.2) is 59.4 Å². The molecule has 0 atom stereocenters. The number of rotatable bonds is 6. The fourth-order valence-corrected chi connectivity index (χ4v) is 3.91. The van der Waals surface area contributed by atoms with Gasteiger partial charge in [0.1, 0.15) is 11.6 Å². The van der Waals surface area contributed by atoms with Crippen LogP contribution in [-0.2, 0) is 15.8 Å². The largest absolute Gasteiger partial charge is 0.417 e. The van der Waals surface area contributed by atoms with Crippen molar-refractivity contribution in [2.24, 2.45) is 0 Å². The molecule has 1 aromatic carbocycles. The van der Waals surface area contributed by atoms with Crippen LogP contribution in [0.4, 0.5) is 29.1 Å². The maximum atomic E-state index is 12.9. The Hall–Kier alpha value is -2.82. The first-order valence-corrected chi connectivity index (χ1v) is 11.1. The van der Waals surface area contributed by atoms with Gasteiger partial charge >= 0.3 is 6.18 Å². The molecule has 1 N–H and O–H groups in total. The van der Waals surface area contributed by atoms with Gasteiger partial charge in [-0.3, -0.25) is 9.59 Å². The number of aromatic nitrogens is 1. The lowest BCUT2D eigenvalue weighted by Gasteiger charge is -2.23. The molecule has 0 bridgehead atoms. The van der Waals surface area contributed by atoms with Crippen LogP contribution in [0.25, 0.3) is 0 Å². The Morgan fingerprint density at radius 1 is 1.00 bits per heavy atom. The second kappa shape index (κ2) is 10.7. The molecule has 2 heterocycles. The Morgan fingerprint density at radius 2 is 1.75 bits per heavy atom. The molecule has 0 aliphatic carbocycles. The zero-order valence-corrected chi connectivity index (χ0v) is 17.9. The normalized spacial score (nSPS) is 14.8. The van der Waals surface area contributed by atoms with E-state index < -0.39 is 17.6 Å². The van der Waals surface area contributed by atoms with Crippen LogP contribution in [0.1, 0.15) is 12.0 Å². The highest BCUT2D eigenvalue weighted by atomic mass is 32.2. The van der Waals surface area contributed by atoms with Gasteiger partial charge in [-0.05, 0) is 42.8 Å². The van der Waals surface area contributed by atoms with Gasteiger partial charge in [-0.1, -0.05) is 0 Å². The van der Waals surface area contributed by atoms with Gasteiger partial charge in [0.2, 0.25) is 11.8 Å². The molecule has 0 saturated carbocycles. The molecule has 0 radical (unpaired) electrons. The maximum Gasteiger partial charge on any atom is 0.417 e. The van der Waals surface area contributed by atoms with E-state index in [-0.39, 0.29) is 23.3 Å². The number of anilines is 2. The number of halogens is 4. The second-order valence-corrected chi connectivity index (χ2v) is 8.16. The minimum atomic E-state index is -4.43. The van der Waals surface area contributed by atoms with Crippen molar-refractivity contribution in [1.29, 1.82) is 0 Å². The third-order valence-electron chi connectivity index (χ3n) is 4.83. The zero-order valence-electron chi connectivity index (χ0n) is 17.1. The van der Waals surface area contributed by atoms with Gasteiger partial charge in [-0.2, -0.15) is 13.2 Å². The van der Waals surface area contributed by atoms with Gasteiger partial charge < -0.3 is 15.1 Å². The van der Waals surface area contributed by atoms with Gasteiger partial charge in [0.05, 0.1) is 17.1 Å².